The van der Waals surface area contributed by atoms with Gasteiger partial charge in [-0.15, -0.1) is 0 Å². The van der Waals surface area contributed by atoms with Crippen molar-refractivity contribution in [2.24, 2.45) is 5.92 Å². The Bertz CT molecular complexity index is 407. The normalized spacial score (nSPS) is 28.5. The molecule has 0 radical (unpaired) electrons. The molecule has 0 aromatic carbocycles. The highest BCUT2D eigenvalue weighted by Gasteiger charge is 2.38. The van der Waals surface area contributed by atoms with E-state index in [2.05, 4.69) is 47.2 Å². The smallest absolute Gasteiger partial charge is 0.345 e. The molecule has 4 nitrogen and oxygen atoms in total. The summed E-state index contributed by atoms with van der Waals surface area (Å²) in [7, 11) is 1.98. The standard InChI is InChI=1S/C18H33F2N3O/c1-12(2)23(14(4)21-5)13(3)15-6-8-16(9-7-15)22-10-17(11-22)24-18(19)20/h13-18,21H,1,6-11H2,2-5H3/t13-,14?,15?,16?/m1/s1. The predicted octanol–water partition coefficient (Wildman–Crippen LogP) is 3.26. The van der Waals surface area contributed by atoms with E-state index in [0.29, 0.717) is 31.1 Å². The van der Waals surface area contributed by atoms with Crippen molar-refractivity contribution >= 4 is 0 Å². The lowest BCUT2D eigenvalue weighted by molar-refractivity contribution is -0.202. The average molecular weight is 345 g/mol. The fourth-order valence-corrected chi connectivity index (χ4v) is 4.35. The second-order valence-corrected chi connectivity index (χ2v) is 7.39. The number of hydrogen-bond acceptors (Lipinski definition) is 4. The van der Waals surface area contributed by atoms with Crippen molar-refractivity contribution in [3.8, 4) is 0 Å². The van der Waals surface area contributed by atoms with Crippen molar-refractivity contribution in [2.75, 3.05) is 20.1 Å². The first-order valence-corrected chi connectivity index (χ1v) is 9.12. The van der Waals surface area contributed by atoms with Gasteiger partial charge in [0, 0.05) is 30.9 Å². The number of halogens is 2. The van der Waals surface area contributed by atoms with Gasteiger partial charge < -0.3 is 15.0 Å². The molecule has 1 unspecified atom stereocenters. The van der Waals surface area contributed by atoms with Gasteiger partial charge in [-0.1, -0.05) is 6.58 Å². The highest BCUT2D eigenvalue weighted by atomic mass is 19.3. The van der Waals surface area contributed by atoms with E-state index in [1.807, 2.05) is 7.05 Å². The van der Waals surface area contributed by atoms with Crippen LogP contribution < -0.4 is 5.32 Å². The van der Waals surface area contributed by atoms with Crippen LogP contribution in [0.5, 0.6) is 0 Å². The lowest BCUT2D eigenvalue weighted by atomic mass is 9.80. The van der Waals surface area contributed by atoms with Crippen molar-refractivity contribution in [1.29, 1.82) is 0 Å². The number of nitrogens with zero attached hydrogens (tertiary/aromatic N) is 2. The summed E-state index contributed by atoms with van der Waals surface area (Å²) in [5.41, 5.74) is 1.10. The molecule has 2 fully saturated rings. The van der Waals surface area contributed by atoms with Crippen LogP contribution in [0.15, 0.2) is 12.3 Å². The molecule has 1 saturated heterocycles. The minimum absolute atomic E-state index is 0.276. The third-order valence-electron chi connectivity index (χ3n) is 5.83. The molecule has 1 saturated carbocycles. The first kappa shape index (κ1) is 19.6. The molecule has 1 N–H and O–H groups in total. The number of alkyl halides is 2. The van der Waals surface area contributed by atoms with Crippen LogP contribution in [0.25, 0.3) is 0 Å². The first-order valence-electron chi connectivity index (χ1n) is 9.12. The molecule has 6 heteroatoms. The maximum absolute atomic E-state index is 12.2. The van der Waals surface area contributed by atoms with Gasteiger partial charge in [-0.25, -0.2) is 0 Å². The molecule has 0 spiro atoms. The van der Waals surface area contributed by atoms with Gasteiger partial charge in [-0.3, -0.25) is 4.90 Å². The molecular formula is C18H33F2N3O. The maximum Gasteiger partial charge on any atom is 0.345 e. The van der Waals surface area contributed by atoms with Crippen LogP contribution in [0.1, 0.15) is 46.5 Å². The Labute approximate surface area is 145 Å². The summed E-state index contributed by atoms with van der Waals surface area (Å²) in [5, 5.41) is 3.31. The Morgan fingerprint density at radius 3 is 2.25 bits per heavy atom. The summed E-state index contributed by atoms with van der Waals surface area (Å²) in [6.45, 7) is 9.34. The molecule has 0 aromatic heterocycles. The van der Waals surface area contributed by atoms with Crippen LogP contribution in [0.4, 0.5) is 8.78 Å². The van der Waals surface area contributed by atoms with Crippen molar-refractivity contribution in [3.63, 3.8) is 0 Å². The van der Waals surface area contributed by atoms with E-state index in [1.165, 1.54) is 12.8 Å². The van der Waals surface area contributed by atoms with Crippen LogP contribution >= 0.6 is 0 Å². The quantitative estimate of drug-likeness (QED) is 0.684. The number of allylic oxidation sites excluding steroid dienone is 1. The topological polar surface area (TPSA) is 27.7 Å². The number of nitrogens with one attached hydrogen (secondary N) is 1. The van der Waals surface area contributed by atoms with Crippen LogP contribution in [-0.4, -0.2) is 60.9 Å². The molecule has 24 heavy (non-hydrogen) atoms. The van der Waals surface area contributed by atoms with Crippen molar-refractivity contribution in [3.05, 3.63) is 12.3 Å². The summed E-state index contributed by atoms with van der Waals surface area (Å²) < 4.78 is 29.0. The number of rotatable bonds is 8. The van der Waals surface area contributed by atoms with Crippen LogP contribution in [-0.2, 0) is 4.74 Å². The van der Waals surface area contributed by atoms with Gasteiger partial charge in [0.15, 0.2) is 0 Å². The Morgan fingerprint density at radius 2 is 1.79 bits per heavy atom. The lowest BCUT2D eigenvalue weighted by Crippen LogP contribution is -2.58. The van der Waals surface area contributed by atoms with Gasteiger partial charge >= 0.3 is 6.61 Å². The SMILES string of the molecule is C=C(C)N(C(C)NC)[C@H](C)C1CCC(N2CC(OC(F)F)C2)CC1. The first-order chi connectivity index (χ1) is 11.3. The van der Waals surface area contributed by atoms with Crippen molar-refractivity contribution in [2.45, 2.75) is 77.4 Å². The average Bonchev–Trinajstić information content (AvgIpc) is 2.50. The van der Waals surface area contributed by atoms with E-state index in [-0.39, 0.29) is 12.3 Å². The fraction of sp³-hybridized carbons (Fsp3) is 0.889. The molecule has 0 bridgehead atoms. The third kappa shape index (κ3) is 4.67. The van der Waals surface area contributed by atoms with E-state index in [9.17, 15) is 8.78 Å². The van der Waals surface area contributed by atoms with Crippen molar-refractivity contribution in [1.82, 2.24) is 15.1 Å². The summed E-state index contributed by atoms with van der Waals surface area (Å²) >= 11 is 0. The molecular weight excluding hydrogens is 312 g/mol. The van der Waals surface area contributed by atoms with E-state index < -0.39 is 6.61 Å². The zero-order chi connectivity index (χ0) is 17.9. The molecule has 2 aliphatic rings. The van der Waals surface area contributed by atoms with E-state index in [0.717, 1.165) is 18.5 Å². The van der Waals surface area contributed by atoms with Gasteiger partial charge in [-0.2, -0.15) is 8.78 Å². The molecule has 0 amide bonds. The van der Waals surface area contributed by atoms with E-state index >= 15 is 0 Å². The molecule has 140 valence electrons. The molecule has 1 heterocycles. The summed E-state index contributed by atoms with van der Waals surface area (Å²) in [6.07, 6.45) is 4.66. The summed E-state index contributed by atoms with van der Waals surface area (Å²) in [4.78, 5) is 4.68. The van der Waals surface area contributed by atoms with Gasteiger partial charge in [0.1, 0.15) is 0 Å². The lowest BCUT2D eigenvalue weighted by Gasteiger charge is -2.48. The highest BCUT2D eigenvalue weighted by molar-refractivity contribution is 4.97. The van der Waals surface area contributed by atoms with Crippen LogP contribution in [0, 0.1) is 5.92 Å². The number of likely N-dealkylation sites (tertiary alicyclic amines) is 1. The van der Waals surface area contributed by atoms with E-state index in [1.54, 1.807) is 0 Å². The minimum atomic E-state index is -2.64. The Kier molecular flexibility index (Phi) is 7.01. The number of hydrogen-bond donors (Lipinski definition) is 1. The molecule has 1 aliphatic heterocycles. The minimum Gasteiger partial charge on any atom is -0.358 e. The highest BCUT2D eigenvalue weighted by Crippen LogP contribution is 2.35. The maximum atomic E-state index is 12.2. The van der Waals surface area contributed by atoms with Gasteiger partial charge in [0.25, 0.3) is 0 Å². The summed E-state index contributed by atoms with van der Waals surface area (Å²) in [6, 6.07) is 0.989. The molecule has 2 rings (SSSR count). The second kappa shape index (κ2) is 8.59. The predicted molar refractivity (Wildman–Crippen MR) is 92.8 cm³/mol. The van der Waals surface area contributed by atoms with Crippen molar-refractivity contribution < 1.29 is 13.5 Å². The van der Waals surface area contributed by atoms with Crippen LogP contribution in [0.3, 0.4) is 0 Å². The largest absolute Gasteiger partial charge is 0.358 e. The molecule has 2 atom stereocenters. The Morgan fingerprint density at radius 1 is 1.21 bits per heavy atom. The fourth-order valence-electron chi connectivity index (χ4n) is 4.35. The zero-order valence-corrected chi connectivity index (χ0v) is 15.5. The molecule has 1 aliphatic carbocycles. The third-order valence-corrected chi connectivity index (χ3v) is 5.83. The van der Waals surface area contributed by atoms with Gasteiger partial charge in [0.05, 0.1) is 12.3 Å². The molecule has 0 aromatic rings. The summed E-state index contributed by atoms with van der Waals surface area (Å²) in [5.74, 6) is 0.656. The van der Waals surface area contributed by atoms with Crippen LogP contribution in [0.2, 0.25) is 0 Å². The van der Waals surface area contributed by atoms with Gasteiger partial charge in [0.2, 0.25) is 0 Å². The Balaban J connectivity index is 1.79. The van der Waals surface area contributed by atoms with Gasteiger partial charge in [-0.05, 0) is 59.4 Å². The van der Waals surface area contributed by atoms with E-state index in [4.69, 9.17) is 0 Å². The second-order valence-electron chi connectivity index (χ2n) is 7.39. The zero-order valence-electron chi connectivity index (χ0n) is 15.5. The number of ether oxygens (including phenoxy) is 1. The monoisotopic (exact) mass is 345 g/mol. The Hall–Kier alpha value is -0.720.